The molecule has 0 bridgehead atoms. The standard InChI is InChI=1S/C17H28O/c1-3-5-10-16(13-14-17(18)9-4-2)15-11-7-6-8-12-15/h6-8,11-12,16-18H,3-5,9-10,13-14H2,1-2H3. The molecule has 1 aromatic carbocycles. The zero-order valence-electron chi connectivity index (χ0n) is 11.9. The average Bonchev–Trinajstić information content (AvgIpc) is 2.40. The Kier molecular flexibility index (Phi) is 7.75. The number of aliphatic hydroxyl groups is 1. The predicted molar refractivity (Wildman–Crippen MR) is 78.9 cm³/mol. The predicted octanol–water partition coefficient (Wildman–Crippen LogP) is 4.90. The molecule has 1 rings (SSSR count). The van der Waals surface area contributed by atoms with Crippen LogP contribution in [0, 0.1) is 0 Å². The number of aliphatic hydroxyl groups excluding tert-OH is 1. The van der Waals surface area contributed by atoms with Crippen LogP contribution in [0.25, 0.3) is 0 Å². The maximum absolute atomic E-state index is 9.87. The van der Waals surface area contributed by atoms with E-state index in [2.05, 4.69) is 44.2 Å². The molecular weight excluding hydrogens is 220 g/mol. The van der Waals surface area contributed by atoms with E-state index in [1.165, 1.54) is 24.8 Å². The van der Waals surface area contributed by atoms with Crippen LogP contribution >= 0.6 is 0 Å². The van der Waals surface area contributed by atoms with Crippen molar-refractivity contribution >= 4 is 0 Å². The maximum Gasteiger partial charge on any atom is 0.0540 e. The molecule has 18 heavy (non-hydrogen) atoms. The molecule has 0 saturated carbocycles. The fourth-order valence-electron chi connectivity index (χ4n) is 2.52. The summed E-state index contributed by atoms with van der Waals surface area (Å²) in [6.07, 6.45) is 7.75. The van der Waals surface area contributed by atoms with Crippen LogP contribution in [0.1, 0.15) is 70.3 Å². The van der Waals surface area contributed by atoms with Crippen LogP contribution in [0.4, 0.5) is 0 Å². The van der Waals surface area contributed by atoms with E-state index in [4.69, 9.17) is 0 Å². The van der Waals surface area contributed by atoms with Gasteiger partial charge in [0.25, 0.3) is 0 Å². The molecule has 0 aliphatic heterocycles. The van der Waals surface area contributed by atoms with Crippen LogP contribution in [0.3, 0.4) is 0 Å². The van der Waals surface area contributed by atoms with Gasteiger partial charge in [-0.25, -0.2) is 0 Å². The molecule has 0 aliphatic carbocycles. The monoisotopic (exact) mass is 248 g/mol. The summed E-state index contributed by atoms with van der Waals surface area (Å²) in [6, 6.07) is 10.8. The molecule has 0 spiro atoms. The Hall–Kier alpha value is -0.820. The van der Waals surface area contributed by atoms with Gasteiger partial charge in [-0.05, 0) is 37.2 Å². The van der Waals surface area contributed by atoms with E-state index < -0.39 is 0 Å². The van der Waals surface area contributed by atoms with Crippen molar-refractivity contribution in [2.45, 2.75) is 70.8 Å². The molecule has 102 valence electrons. The molecule has 1 heteroatoms. The molecule has 2 unspecified atom stereocenters. The highest BCUT2D eigenvalue weighted by atomic mass is 16.3. The van der Waals surface area contributed by atoms with Crippen LogP contribution in [-0.2, 0) is 0 Å². The molecule has 1 N–H and O–H groups in total. The van der Waals surface area contributed by atoms with Crippen LogP contribution in [-0.4, -0.2) is 11.2 Å². The van der Waals surface area contributed by atoms with Crippen LogP contribution < -0.4 is 0 Å². The van der Waals surface area contributed by atoms with E-state index in [1.54, 1.807) is 0 Å². The SMILES string of the molecule is CCCCC(CCC(O)CCC)c1ccccc1. The van der Waals surface area contributed by atoms with Gasteiger partial charge in [0.1, 0.15) is 0 Å². The van der Waals surface area contributed by atoms with Gasteiger partial charge in [-0.2, -0.15) is 0 Å². The summed E-state index contributed by atoms with van der Waals surface area (Å²) < 4.78 is 0. The molecule has 1 aromatic rings. The molecular formula is C17H28O. The van der Waals surface area contributed by atoms with Crippen molar-refractivity contribution in [3.8, 4) is 0 Å². The number of unbranched alkanes of at least 4 members (excludes halogenated alkanes) is 1. The third-order valence-electron chi connectivity index (χ3n) is 3.65. The van der Waals surface area contributed by atoms with E-state index in [1.807, 2.05) is 0 Å². The van der Waals surface area contributed by atoms with Gasteiger partial charge in [0.05, 0.1) is 6.10 Å². The average molecular weight is 248 g/mol. The lowest BCUT2D eigenvalue weighted by atomic mass is 9.88. The summed E-state index contributed by atoms with van der Waals surface area (Å²) in [5.74, 6) is 0.623. The Bertz CT molecular complexity index is 294. The van der Waals surface area contributed by atoms with Crippen molar-refractivity contribution in [3.05, 3.63) is 35.9 Å². The first-order valence-corrected chi connectivity index (χ1v) is 7.50. The van der Waals surface area contributed by atoms with Crippen molar-refractivity contribution in [1.29, 1.82) is 0 Å². The van der Waals surface area contributed by atoms with Gasteiger partial charge in [0.2, 0.25) is 0 Å². The molecule has 0 aliphatic rings. The first-order valence-electron chi connectivity index (χ1n) is 7.50. The maximum atomic E-state index is 9.87. The second-order valence-corrected chi connectivity index (χ2v) is 5.27. The topological polar surface area (TPSA) is 20.2 Å². The van der Waals surface area contributed by atoms with Gasteiger partial charge in [0.15, 0.2) is 0 Å². The van der Waals surface area contributed by atoms with Gasteiger partial charge in [0, 0.05) is 0 Å². The Balaban J connectivity index is 2.51. The fourth-order valence-corrected chi connectivity index (χ4v) is 2.52. The van der Waals surface area contributed by atoms with Crippen molar-refractivity contribution in [2.24, 2.45) is 0 Å². The van der Waals surface area contributed by atoms with Crippen LogP contribution in [0.2, 0.25) is 0 Å². The molecule has 0 amide bonds. The van der Waals surface area contributed by atoms with Gasteiger partial charge in [-0.1, -0.05) is 63.4 Å². The molecule has 0 aromatic heterocycles. The van der Waals surface area contributed by atoms with E-state index in [0.717, 1.165) is 25.7 Å². The van der Waals surface area contributed by atoms with Crippen LogP contribution in [0.15, 0.2) is 30.3 Å². The summed E-state index contributed by atoms with van der Waals surface area (Å²) >= 11 is 0. The van der Waals surface area contributed by atoms with Crippen molar-refractivity contribution in [2.75, 3.05) is 0 Å². The quantitative estimate of drug-likeness (QED) is 0.659. The Morgan fingerprint density at radius 1 is 0.889 bits per heavy atom. The number of benzene rings is 1. The number of rotatable bonds is 9. The first-order chi connectivity index (χ1) is 8.77. The van der Waals surface area contributed by atoms with Gasteiger partial charge in [-0.15, -0.1) is 0 Å². The zero-order valence-corrected chi connectivity index (χ0v) is 11.9. The lowest BCUT2D eigenvalue weighted by molar-refractivity contribution is 0.147. The summed E-state index contributed by atoms with van der Waals surface area (Å²) in [4.78, 5) is 0. The zero-order chi connectivity index (χ0) is 13.2. The second-order valence-electron chi connectivity index (χ2n) is 5.27. The summed E-state index contributed by atoms with van der Waals surface area (Å²) in [6.45, 7) is 4.38. The van der Waals surface area contributed by atoms with Crippen molar-refractivity contribution in [3.63, 3.8) is 0 Å². The van der Waals surface area contributed by atoms with Gasteiger partial charge in [-0.3, -0.25) is 0 Å². The third-order valence-corrected chi connectivity index (χ3v) is 3.65. The normalized spacial score (nSPS) is 14.4. The van der Waals surface area contributed by atoms with Crippen LogP contribution in [0.5, 0.6) is 0 Å². The molecule has 1 nitrogen and oxygen atoms in total. The van der Waals surface area contributed by atoms with Crippen molar-refractivity contribution < 1.29 is 5.11 Å². The van der Waals surface area contributed by atoms with E-state index in [9.17, 15) is 5.11 Å². The minimum absolute atomic E-state index is 0.108. The smallest absolute Gasteiger partial charge is 0.0540 e. The Morgan fingerprint density at radius 3 is 2.22 bits per heavy atom. The van der Waals surface area contributed by atoms with E-state index in [0.29, 0.717) is 5.92 Å². The first kappa shape index (κ1) is 15.2. The Morgan fingerprint density at radius 2 is 1.61 bits per heavy atom. The fraction of sp³-hybridized carbons (Fsp3) is 0.647. The second kappa shape index (κ2) is 9.16. The summed E-state index contributed by atoms with van der Waals surface area (Å²) in [5.41, 5.74) is 1.44. The minimum atomic E-state index is -0.108. The van der Waals surface area contributed by atoms with E-state index >= 15 is 0 Å². The van der Waals surface area contributed by atoms with Gasteiger partial charge < -0.3 is 5.11 Å². The minimum Gasteiger partial charge on any atom is -0.393 e. The molecule has 0 fully saturated rings. The third kappa shape index (κ3) is 5.68. The number of hydrogen-bond donors (Lipinski definition) is 1. The highest BCUT2D eigenvalue weighted by Crippen LogP contribution is 2.27. The largest absolute Gasteiger partial charge is 0.393 e. The van der Waals surface area contributed by atoms with Crippen molar-refractivity contribution in [1.82, 2.24) is 0 Å². The summed E-state index contributed by atoms with van der Waals surface area (Å²) in [5, 5.41) is 9.87. The molecule has 0 heterocycles. The lowest BCUT2D eigenvalue weighted by Crippen LogP contribution is -2.09. The molecule has 0 radical (unpaired) electrons. The number of hydrogen-bond acceptors (Lipinski definition) is 1. The molecule has 0 saturated heterocycles. The van der Waals surface area contributed by atoms with Gasteiger partial charge >= 0.3 is 0 Å². The molecule has 2 atom stereocenters. The van der Waals surface area contributed by atoms with E-state index in [-0.39, 0.29) is 6.10 Å². The highest BCUT2D eigenvalue weighted by molar-refractivity contribution is 5.19. The lowest BCUT2D eigenvalue weighted by Gasteiger charge is -2.19. The Labute approximate surface area is 112 Å². The summed E-state index contributed by atoms with van der Waals surface area (Å²) in [7, 11) is 0. The highest BCUT2D eigenvalue weighted by Gasteiger charge is 2.13.